The second kappa shape index (κ2) is 7.34. The fourth-order valence-electron chi connectivity index (χ4n) is 2.26. The van der Waals surface area contributed by atoms with Crippen LogP contribution in [0.2, 0.25) is 5.02 Å². The highest BCUT2D eigenvalue weighted by atomic mass is 35.5. The number of carbonyl (C=O) groups excluding carboxylic acids is 1. The van der Waals surface area contributed by atoms with Crippen LogP contribution in [0.4, 0.5) is 10.1 Å². The lowest BCUT2D eigenvalue weighted by atomic mass is 10.1. The number of aryl methyl sites for hydroxylation is 1. The van der Waals surface area contributed by atoms with Crippen molar-refractivity contribution in [2.45, 2.75) is 38.1 Å². The summed E-state index contributed by atoms with van der Waals surface area (Å²) in [4.78, 5) is 12.5. The number of amides is 1. The molecule has 0 spiro atoms. The first-order chi connectivity index (χ1) is 11.9. The van der Waals surface area contributed by atoms with Crippen molar-refractivity contribution in [1.82, 2.24) is 4.72 Å². The lowest BCUT2D eigenvalue weighted by molar-refractivity contribution is 0.102. The van der Waals surface area contributed by atoms with Crippen molar-refractivity contribution >= 4 is 33.2 Å². The molecular weight excluding hydrogens is 379 g/mol. The first-order valence-electron chi connectivity index (χ1n) is 7.80. The van der Waals surface area contributed by atoms with Crippen molar-refractivity contribution < 1.29 is 17.6 Å². The van der Waals surface area contributed by atoms with Crippen LogP contribution in [0.5, 0.6) is 0 Å². The van der Waals surface area contributed by atoms with Gasteiger partial charge in [-0.1, -0.05) is 17.7 Å². The van der Waals surface area contributed by atoms with Crippen LogP contribution in [0.25, 0.3) is 0 Å². The monoisotopic (exact) mass is 398 g/mol. The Balaban J connectivity index is 2.38. The van der Waals surface area contributed by atoms with Crippen LogP contribution in [0.3, 0.4) is 0 Å². The molecule has 2 rings (SSSR count). The zero-order chi connectivity index (χ0) is 19.7. The van der Waals surface area contributed by atoms with Gasteiger partial charge in [0.05, 0.1) is 10.6 Å². The molecule has 5 nitrogen and oxygen atoms in total. The SMILES string of the molecule is Cc1ccc(S(=O)(=O)NC(C)(C)C)cc1C(=O)Nc1cc(Cl)ccc1F. The topological polar surface area (TPSA) is 75.3 Å². The number of nitrogens with one attached hydrogen (secondary N) is 2. The van der Waals surface area contributed by atoms with Crippen molar-refractivity contribution in [2.75, 3.05) is 5.32 Å². The van der Waals surface area contributed by atoms with E-state index in [4.69, 9.17) is 11.6 Å². The molecule has 2 aromatic rings. The quantitative estimate of drug-likeness (QED) is 0.813. The first-order valence-corrected chi connectivity index (χ1v) is 9.66. The van der Waals surface area contributed by atoms with Gasteiger partial charge in [0.15, 0.2) is 0 Å². The van der Waals surface area contributed by atoms with Gasteiger partial charge in [-0.05, 0) is 63.6 Å². The number of benzene rings is 2. The molecule has 0 aliphatic carbocycles. The van der Waals surface area contributed by atoms with Crippen LogP contribution in [0.1, 0.15) is 36.7 Å². The molecule has 26 heavy (non-hydrogen) atoms. The Morgan fingerprint density at radius 1 is 1.12 bits per heavy atom. The van der Waals surface area contributed by atoms with Gasteiger partial charge in [-0.15, -0.1) is 0 Å². The van der Waals surface area contributed by atoms with Crippen molar-refractivity contribution in [2.24, 2.45) is 0 Å². The van der Waals surface area contributed by atoms with Crippen LogP contribution < -0.4 is 10.0 Å². The third-order valence-electron chi connectivity index (χ3n) is 3.38. The Labute approximate surface area is 157 Å². The fourth-order valence-corrected chi connectivity index (χ4v) is 3.87. The highest BCUT2D eigenvalue weighted by Gasteiger charge is 2.23. The third-order valence-corrected chi connectivity index (χ3v) is 5.37. The number of sulfonamides is 1. The lowest BCUT2D eigenvalue weighted by Gasteiger charge is -2.20. The molecule has 0 radical (unpaired) electrons. The van der Waals surface area contributed by atoms with Gasteiger partial charge in [-0.25, -0.2) is 17.5 Å². The van der Waals surface area contributed by atoms with Gasteiger partial charge in [-0.2, -0.15) is 0 Å². The highest BCUT2D eigenvalue weighted by Crippen LogP contribution is 2.22. The van der Waals surface area contributed by atoms with Crippen LogP contribution in [0, 0.1) is 12.7 Å². The Hall–Kier alpha value is -1.96. The number of carbonyl (C=O) groups is 1. The molecule has 0 saturated carbocycles. The van der Waals surface area contributed by atoms with Crippen LogP contribution in [-0.4, -0.2) is 19.9 Å². The van der Waals surface area contributed by atoms with E-state index in [0.29, 0.717) is 5.56 Å². The number of halogens is 2. The highest BCUT2D eigenvalue weighted by molar-refractivity contribution is 7.89. The van der Waals surface area contributed by atoms with Crippen molar-refractivity contribution in [3.63, 3.8) is 0 Å². The molecule has 1 amide bonds. The lowest BCUT2D eigenvalue weighted by Crippen LogP contribution is -2.40. The minimum absolute atomic E-state index is 0.0465. The van der Waals surface area contributed by atoms with Gasteiger partial charge in [0.2, 0.25) is 10.0 Å². The number of hydrogen-bond donors (Lipinski definition) is 2. The molecular formula is C18H20ClFN2O3S. The maximum atomic E-state index is 13.8. The molecule has 0 aromatic heterocycles. The minimum atomic E-state index is -3.80. The molecule has 0 saturated heterocycles. The number of hydrogen-bond acceptors (Lipinski definition) is 3. The normalized spacial score (nSPS) is 12.1. The van der Waals surface area contributed by atoms with Crippen LogP contribution in [0.15, 0.2) is 41.3 Å². The second-order valence-electron chi connectivity index (χ2n) is 6.91. The summed E-state index contributed by atoms with van der Waals surface area (Å²) in [6.45, 7) is 6.81. The zero-order valence-electron chi connectivity index (χ0n) is 14.9. The largest absolute Gasteiger partial charge is 0.319 e. The summed E-state index contributed by atoms with van der Waals surface area (Å²) in [7, 11) is -3.80. The van der Waals surface area contributed by atoms with E-state index in [1.54, 1.807) is 27.7 Å². The van der Waals surface area contributed by atoms with E-state index in [-0.39, 0.29) is 21.2 Å². The zero-order valence-corrected chi connectivity index (χ0v) is 16.4. The number of anilines is 1. The Bertz CT molecular complexity index is 953. The van der Waals surface area contributed by atoms with Gasteiger partial charge >= 0.3 is 0 Å². The fraction of sp³-hybridized carbons (Fsp3) is 0.278. The van der Waals surface area contributed by atoms with E-state index in [2.05, 4.69) is 10.0 Å². The van der Waals surface area contributed by atoms with E-state index >= 15 is 0 Å². The van der Waals surface area contributed by atoms with Crippen molar-refractivity contribution in [3.8, 4) is 0 Å². The average molecular weight is 399 g/mol. The summed E-state index contributed by atoms with van der Waals surface area (Å²) < 4.78 is 41.3. The molecule has 0 aliphatic heterocycles. The second-order valence-corrected chi connectivity index (χ2v) is 9.03. The molecule has 0 fully saturated rings. The van der Waals surface area contributed by atoms with Gasteiger partial charge < -0.3 is 5.32 Å². The Morgan fingerprint density at radius 3 is 2.38 bits per heavy atom. The molecule has 2 N–H and O–H groups in total. The predicted octanol–water partition coefficient (Wildman–Crippen LogP) is 4.12. The molecule has 0 aliphatic rings. The minimum Gasteiger partial charge on any atom is -0.319 e. The summed E-state index contributed by atoms with van der Waals surface area (Å²) >= 11 is 5.82. The Kier molecular flexibility index (Phi) is 5.75. The molecule has 140 valence electrons. The van der Waals surface area contributed by atoms with E-state index in [9.17, 15) is 17.6 Å². The van der Waals surface area contributed by atoms with E-state index < -0.39 is 27.3 Å². The van der Waals surface area contributed by atoms with Crippen LogP contribution in [-0.2, 0) is 10.0 Å². The summed E-state index contributed by atoms with van der Waals surface area (Å²) in [6, 6.07) is 8.00. The first kappa shape index (κ1) is 20.4. The van der Waals surface area contributed by atoms with Gasteiger partial charge in [0.1, 0.15) is 5.82 Å². The molecule has 0 bridgehead atoms. The molecule has 8 heteroatoms. The van der Waals surface area contributed by atoms with E-state index in [0.717, 1.165) is 6.07 Å². The van der Waals surface area contributed by atoms with E-state index in [1.807, 2.05) is 0 Å². The smallest absolute Gasteiger partial charge is 0.256 e. The predicted molar refractivity (Wildman–Crippen MR) is 101 cm³/mol. The van der Waals surface area contributed by atoms with Crippen molar-refractivity contribution in [1.29, 1.82) is 0 Å². The van der Waals surface area contributed by atoms with Gasteiger partial charge in [0.25, 0.3) is 5.91 Å². The van der Waals surface area contributed by atoms with Gasteiger partial charge in [0, 0.05) is 16.1 Å². The molecule has 0 heterocycles. The Morgan fingerprint density at radius 2 is 1.77 bits per heavy atom. The summed E-state index contributed by atoms with van der Waals surface area (Å²) in [6.07, 6.45) is 0. The third kappa shape index (κ3) is 5.03. The summed E-state index contributed by atoms with van der Waals surface area (Å²) in [5.41, 5.74) is -0.0699. The molecule has 0 unspecified atom stereocenters. The molecule has 0 atom stereocenters. The standard InChI is InChI=1S/C18H20ClFN2O3S/c1-11-5-7-13(26(24,25)22-18(2,3)4)10-14(11)17(23)21-16-9-12(19)6-8-15(16)20/h5-10,22H,1-4H3,(H,21,23). The van der Waals surface area contributed by atoms with Crippen LogP contribution >= 0.6 is 11.6 Å². The summed E-state index contributed by atoms with van der Waals surface area (Å²) in [5.74, 6) is -1.27. The maximum Gasteiger partial charge on any atom is 0.256 e. The van der Waals surface area contributed by atoms with Crippen molar-refractivity contribution in [3.05, 3.63) is 58.4 Å². The van der Waals surface area contributed by atoms with E-state index in [1.165, 1.54) is 30.3 Å². The summed E-state index contributed by atoms with van der Waals surface area (Å²) in [5, 5.41) is 2.69. The molecule has 2 aromatic carbocycles. The average Bonchev–Trinajstić information content (AvgIpc) is 2.48. The van der Waals surface area contributed by atoms with Gasteiger partial charge in [-0.3, -0.25) is 4.79 Å². The number of rotatable bonds is 4. The maximum absolute atomic E-state index is 13.8.